The minimum absolute atomic E-state index is 0.0381. The van der Waals surface area contributed by atoms with Gasteiger partial charge in [-0.2, -0.15) is 0 Å². The number of phenolic OH excluding ortho intramolecular Hbond substituents is 1. The molecule has 1 atom stereocenters. The second kappa shape index (κ2) is 19.4. The largest absolute Gasteiger partial charge is 0.507 e. The highest BCUT2D eigenvalue weighted by Crippen LogP contribution is 2.40. The van der Waals surface area contributed by atoms with E-state index in [0.717, 1.165) is 63.0 Å². The van der Waals surface area contributed by atoms with Crippen LogP contribution in [0.5, 0.6) is 11.5 Å². The van der Waals surface area contributed by atoms with Gasteiger partial charge in [-0.25, -0.2) is 0 Å². The van der Waals surface area contributed by atoms with Gasteiger partial charge in [-0.3, -0.25) is 24.5 Å². The number of phenols is 1. The number of imide groups is 1. The zero-order valence-corrected chi connectivity index (χ0v) is 35.3. The number of likely N-dealkylation sites (tertiary alicyclic amines) is 2. The summed E-state index contributed by atoms with van der Waals surface area (Å²) in [6, 6.07) is 26.9. The highest BCUT2D eigenvalue weighted by Gasteiger charge is 2.43. The summed E-state index contributed by atoms with van der Waals surface area (Å²) in [6.07, 6.45) is 6.46. The maximum atomic E-state index is 14.3. The van der Waals surface area contributed by atoms with Crippen molar-refractivity contribution in [3.63, 3.8) is 0 Å². The molecule has 5 heterocycles. The zero-order chi connectivity index (χ0) is 43.1. The lowest BCUT2D eigenvalue weighted by Gasteiger charge is -2.42. The van der Waals surface area contributed by atoms with Gasteiger partial charge in [0.05, 0.1) is 16.8 Å². The minimum atomic E-state index is -0.693. The van der Waals surface area contributed by atoms with Gasteiger partial charge in [0.1, 0.15) is 11.5 Å². The molecule has 4 fully saturated rings. The number of piperidine rings is 4. The van der Waals surface area contributed by atoms with Crippen LogP contribution in [0.3, 0.4) is 0 Å². The molecule has 14 nitrogen and oxygen atoms in total. The number of anilines is 2. The Morgan fingerprint density at radius 3 is 2.27 bits per heavy atom. The highest BCUT2D eigenvalue weighted by atomic mass is 16.5. The van der Waals surface area contributed by atoms with E-state index in [1.165, 1.54) is 5.56 Å². The summed E-state index contributed by atoms with van der Waals surface area (Å²) in [5.41, 5.74) is 9.77. The molecule has 0 bridgehead atoms. The molecule has 4 saturated heterocycles. The fraction of sp³-hybridized carbons (Fsp3) is 0.458. The number of nitrogens with two attached hydrogens (primary N) is 1. The van der Waals surface area contributed by atoms with Crippen molar-refractivity contribution in [2.45, 2.75) is 81.6 Å². The van der Waals surface area contributed by atoms with Gasteiger partial charge in [0.15, 0.2) is 11.9 Å². The van der Waals surface area contributed by atoms with E-state index >= 15 is 0 Å². The third-order valence-corrected chi connectivity index (χ3v) is 13.5. The first kappa shape index (κ1) is 42.7. The van der Waals surface area contributed by atoms with Crippen LogP contribution in [0.4, 0.5) is 11.5 Å². The number of hydrogen-bond acceptors (Lipinski definition) is 11. The van der Waals surface area contributed by atoms with Crippen molar-refractivity contribution in [1.82, 2.24) is 30.6 Å². The van der Waals surface area contributed by atoms with Crippen molar-refractivity contribution < 1.29 is 29.0 Å². The summed E-state index contributed by atoms with van der Waals surface area (Å²) in [7, 11) is 0. The molecule has 0 saturated carbocycles. The Morgan fingerprint density at radius 2 is 1.56 bits per heavy atom. The standard InChI is InChI=1S/C48H58N8O6/c49-45-40(31-39(52-53-45)38-9-4-5-10-41(38)57)55-29-22-48(23-30-55,36-7-2-1-3-8-36)47(61)50-32-33-18-27-56(28-19-33)44(59)11-6-24-54-25-20-35(21-26-54)34-12-14-37(15-13-34)62-42-16-17-43(58)51-46(42)60/h1-5,7-10,12-15,31,33,35,42,57H,6,11,16-30,32H2,(H2,49,53)(H,50,61)(H,51,58,60)/t42-/m1/s1. The number of carbonyl (C=O) groups excluding carboxylic acids is 4. The highest BCUT2D eigenvalue weighted by molar-refractivity contribution is 6.00. The maximum absolute atomic E-state index is 14.3. The van der Waals surface area contributed by atoms with E-state index < -0.39 is 11.5 Å². The third-order valence-electron chi connectivity index (χ3n) is 13.5. The predicted molar refractivity (Wildman–Crippen MR) is 236 cm³/mol. The summed E-state index contributed by atoms with van der Waals surface area (Å²) in [5.74, 6) is 1.46. The lowest BCUT2D eigenvalue weighted by Crippen LogP contribution is -2.53. The fourth-order valence-corrected chi connectivity index (χ4v) is 9.66. The number of aromatic hydroxyl groups is 1. The smallest absolute Gasteiger partial charge is 0.267 e. The number of nitrogens with zero attached hydrogens (tertiary/aromatic N) is 5. The van der Waals surface area contributed by atoms with Gasteiger partial charge in [0, 0.05) is 57.5 Å². The molecular weight excluding hydrogens is 785 g/mol. The molecule has 14 heteroatoms. The first-order valence-electron chi connectivity index (χ1n) is 22.3. The summed E-state index contributed by atoms with van der Waals surface area (Å²) in [4.78, 5) is 57.6. The third kappa shape index (κ3) is 9.86. The van der Waals surface area contributed by atoms with Gasteiger partial charge in [0.2, 0.25) is 17.7 Å². The Morgan fingerprint density at radius 1 is 0.855 bits per heavy atom. The van der Waals surface area contributed by atoms with Crippen molar-refractivity contribution >= 4 is 35.1 Å². The number of aromatic nitrogens is 2. The number of nitrogen functional groups attached to an aromatic ring is 1. The quantitative estimate of drug-likeness (QED) is 0.130. The Balaban J connectivity index is 0.757. The summed E-state index contributed by atoms with van der Waals surface area (Å²) in [6.45, 7) is 6.10. The number of rotatable bonds is 13. The molecule has 0 radical (unpaired) electrons. The topological polar surface area (TPSA) is 183 Å². The van der Waals surface area contributed by atoms with Gasteiger partial charge in [-0.05, 0) is 118 Å². The van der Waals surface area contributed by atoms with E-state index in [-0.39, 0.29) is 35.8 Å². The fourth-order valence-electron chi connectivity index (χ4n) is 9.66. The van der Waals surface area contributed by atoms with Gasteiger partial charge in [-0.1, -0.05) is 54.6 Å². The van der Waals surface area contributed by atoms with Crippen molar-refractivity contribution in [2.75, 3.05) is 63.0 Å². The average Bonchev–Trinajstić information content (AvgIpc) is 3.30. The zero-order valence-electron chi connectivity index (χ0n) is 35.3. The second-order valence-corrected chi connectivity index (χ2v) is 17.3. The van der Waals surface area contributed by atoms with E-state index in [1.54, 1.807) is 18.2 Å². The average molecular weight is 843 g/mol. The Hall–Kier alpha value is -6.02. The summed E-state index contributed by atoms with van der Waals surface area (Å²) >= 11 is 0. The van der Waals surface area contributed by atoms with Crippen molar-refractivity contribution in [3.8, 4) is 22.8 Å². The Bertz CT molecular complexity index is 2200. The maximum Gasteiger partial charge on any atom is 0.267 e. The monoisotopic (exact) mass is 842 g/mol. The number of para-hydroxylation sites is 1. The van der Waals surface area contributed by atoms with Crippen molar-refractivity contribution in [1.29, 1.82) is 0 Å². The molecule has 5 N–H and O–H groups in total. The number of nitrogens with one attached hydrogen (secondary N) is 2. The van der Waals surface area contributed by atoms with E-state index in [9.17, 15) is 24.3 Å². The predicted octanol–water partition coefficient (Wildman–Crippen LogP) is 5.17. The molecule has 4 aliphatic rings. The molecular formula is C48H58N8O6. The molecule has 4 aliphatic heterocycles. The van der Waals surface area contributed by atoms with Gasteiger partial charge in [0.25, 0.3) is 5.91 Å². The van der Waals surface area contributed by atoms with Crippen LogP contribution in [0.1, 0.15) is 81.3 Å². The van der Waals surface area contributed by atoms with E-state index in [1.807, 2.05) is 59.5 Å². The lowest BCUT2D eigenvalue weighted by atomic mass is 9.71. The second-order valence-electron chi connectivity index (χ2n) is 17.3. The number of carbonyl (C=O) groups is 4. The van der Waals surface area contributed by atoms with Crippen LogP contribution in [-0.2, 0) is 24.6 Å². The first-order valence-corrected chi connectivity index (χ1v) is 22.3. The number of amides is 4. The van der Waals surface area contributed by atoms with Crippen LogP contribution in [0.25, 0.3) is 11.3 Å². The van der Waals surface area contributed by atoms with Crippen LogP contribution >= 0.6 is 0 Å². The van der Waals surface area contributed by atoms with Gasteiger partial charge >= 0.3 is 0 Å². The van der Waals surface area contributed by atoms with Gasteiger partial charge < -0.3 is 35.6 Å². The Kier molecular flexibility index (Phi) is 13.3. The normalized spacial score (nSPS) is 20.1. The van der Waals surface area contributed by atoms with Gasteiger partial charge in [-0.15, -0.1) is 10.2 Å². The van der Waals surface area contributed by atoms with Crippen LogP contribution in [-0.4, -0.2) is 107 Å². The van der Waals surface area contributed by atoms with Crippen molar-refractivity contribution in [2.24, 2.45) is 5.92 Å². The molecule has 4 aromatic rings. The lowest BCUT2D eigenvalue weighted by molar-refractivity contribution is -0.139. The minimum Gasteiger partial charge on any atom is -0.507 e. The molecule has 326 valence electrons. The summed E-state index contributed by atoms with van der Waals surface area (Å²) < 4.78 is 5.85. The van der Waals surface area contributed by atoms with Crippen LogP contribution in [0.15, 0.2) is 84.9 Å². The summed E-state index contributed by atoms with van der Waals surface area (Å²) in [5, 5.41) is 24.6. The number of hydrogen-bond donors (Lipinski definition) is 4. The van der Waals surface area contributed by atoms with E-state index in [0.29, 0.717) is 93.1 Å². The first-order chi connectivity index (χ1) is 30.1. The molecule has 3 aromatic carbocycles. The van der Waals surface area contributed by atoms with Crippen LogP contribution in [0.2, 0.25) is 0 Å². The van der Waals surface area contributed by atoms with E-state index in [2.05, 4.69) is 42.8 Å². The molecule has 8 rings (SSSR count). The van der Waals surface area contributed by atoms with Crippen LogP contribution in [0, 0.1) is 5.92 Å². The molecule has 4 amide bonds. The van der Waals surface area contributed by atoms with Crippen molar-refractivity contribution in [3.05, 3.63) is 96.1 Å². The molecule has 1 aromatic heterocycles. The van der Waals surface area contributed by atoms with Crippen LogP contribution < -0.4 is 26.0 Å². The molecule has 0 unspecified atom stereocenters. The SMILES string of the molecule is Nc1nnc(-c2ccccc2O)cc1N1CCC(C(=O)NCC2CCN(C(=O)CCCN3CCC(c4ccc(O[C@@H]5CCC(=O)NC5=O)cc4)CC3)CC2)(c2ccccc2)CC1. The number of benzene rings is 3. The Labute approximate surface area is 363 Å². The van der Waals surface area contributed by atoms with E-state index in [4.69, 9.17) is 10.5 Å². The molecule has 0 spiro atoms. The molecule has 0 aliphatic carbocycles. The number of ether oxygens (including phenoxy) is 1. The molecule has 62 heavy (non-hydrogen) atoms.